The first-order valence-corrected chi connectivity index (χ1v) is 13.4. The first-order chi connectivity index (χ1) is 17.9. The van der Waals surface area contributed by atoms with Gasteiger partial charge in [0.2, 0.25) is 0 Å². The monoisotopic (exact) mass is 582 g/mol. The minimum Gasteiger partial charge on any atom is -0.494 e. The minimum absolute atomic E-state index is 0.220. The first kappa shape index (κ1) is 26.6. The van der Waals surface area contributed by atoms with Crippen molar-refractivity contribution in [3.8, 4) is 11.5 Å². The largest absolute Gasteiger partial charge is 0.494 e. The Kier molecular flexibility index (Phi) is 8.45. The molecule has 0 radical (unpaired) electrons. The average molecular weight is 584 g/mol. The summed E-state index contributed by atoms with van der Waals surface area (Å²) in [6.07, 6.45) is 3.49. The number of rotatable bonds is 9. The standard InChI is InChI=1S/C28H27BrN2O5S/c1-5-14-36-22-13-8-18(15-21(22)29)16-23-26(32)31-25(19-9-11-20(12-10-19)34-6-2)24(27(33)35-7-3)17(4)30-28(31)37-23/h5,8-13,15-16,25H,1,6-7,14H2,2-4H3/t25-/m1/s1. The summed E-state index contributed by atoms with van der Waals surface area (Å²) < 4.78 is 19.4. The van der Waals surface area contributed by atoms with Gasteiger partial charge in [0.05, 0.1) is 39.5 Å². The second kappa shape index (κ2) is 11.7. The number of hydrogen-bond acceptors (Lipinski definition) is 7. The molecule has 4 rings (SSSR count). The van der Waals surface area contributed by atoms with Crippen molar-refractivity contribution in [3.05, 3.63) is 102 Å². The zero-order chi connectivity index (χ0) is 26.5. The van der Waals surface area contributed by atoms with Gasteiger partial charge in [0.25, 0.3) is 5.56 Å². The molecule has 0 amide bonds. The van der Waals surface area contributed by atoms with Crippen LogP contribution in [0.5, 0.6) is 11.5 Å². The molecule has 1 atom stereocenters. The third kappa shape index (κ3) is 5.62. The molecule has 0 saturated carbocycles. The normalized spacial score (nSPS) is 15.1. The number of aromatic nitrogens is 1. The topological polar surface area (TPSA) is 79.1 Å². The van der Waals surface area contributed by atoms with Gasteiger partial charge in [0.1, 0.15) is 18.1 Å². The minimum atomic E-state index is -0.672. The molecule has 0 unspecified atom stereocenters. The van der Waals surface area contributed by atoms with Crippen LogP contribution in [0.1, 0.15) is 37.9 Å². The van der Waals surface area contributed by atoms with Crippen LogP contribution < -0.4 is 24.4 Å². The van der Waals surface area contributed by atoms with Gasteiger partial charge in [-0.15, -0.1) is 0 Å². The van der Waals surface area contributed by atoms with Gasteiger partial charge in [0.15, 0.2) is 4.80 Å². The maximum Gasteiger partial charge on any atom is 0.338 e. The third-order valence-electron chi connectivity index (χ3n) is 5.63. The Bertz CT molecular complexity index is 1540. The van der Waals surface area contributed by atoms with E-state index < -0.39 is 12.0 Å². The summed E-state index contributed by atoms with van der Waals surface area (Å²) >= 11 is 4.80. The van der Waals surface area contributed by atoms with E-state index in [0.717, 1.165) is 15.6 Å². The number of thiazole rings is 1. The van der Waals surface area contributed by atoms with Crippen LogP contribution in [-0.2, 0) is 9.53 Å². The van der Waals surface area contributed by atoms with Gasteiger partial charge < -0.3 is 14.2 Å². The first-order valence-electron chi connectivity index (χ1n) is 11.8. The van der Waals surface area contributed by atoms with Gasteiger partial charge in [-0.05, 0) is 78.2 Å². The second-order valence-corrected chi connectivity index (χ2v) is 9.96. The molecular formula is C28H27BrN2O5S. The summed E-state index contributed by atoms with van der Waals surface area (Å²) in [5.74, 6) is 0.905. The van der Waals surface area contributed by atoms with Crippen LogP contribution in [0.4, 0.5) is 0 Å². The Labute approximate surface area is 227 Å². The number of fused-ring (bicyclic) bond motifs is 1. The summed E-state index contributed by atoms with van der Waals surface area (Å²) in [6.45, 7) is 10.2. The molecule has 0 bridgehead atoms. The highest BCUT2D eigenvalue weighted by Crippen LogP contribution is 2.32. The molecule has 192 valence electrons. The van der Waals surface area contributed by atoms with Gasteiger partial charge in [0, 0.05) is 0 Å². The Balaban J connectivity index is 1.84. The molecule has 2 heterocycles. The zero-order valence-corrected chi connectivity index (χ0v) is 23.2. The van der Waals surface area contributed by atoms with Crippen LogP contribution in [-0.4, -0.2) is 30.4 Å². The van der Waals surface area contributed by atoms with Crippen LogP contribution in [0.15, 0.2) is 80.6 Å². The summed E-state index contributed by atoms with van der Waals surface area (Å²) in [5.41, 5.74) is 2.22. The number of ether oxygens (including phenoxy) is 3. The highest BCUT2D eigenvalue weighted by atomic mass is 79.9. The van der Waals surface area contributed by atoms with E-state index in [4.69, 9.17) is 14.2 Å². The van der Waals surface area contributed by atoms with Gasteiger partial charge >= 0.3 is 5.97 Å². The van der Waals surface area contributed by atoms with Crippen LogP contribution in [0, 0.1) is 0 Å². The maximum absolute atomic E-state index is 13.7. The lowest BCUT2D eigenvalue weighted by Crippen LogP contribution is -2.39. The van der Waals surface area contributed by atoms with Crippen LogP contribution in [0.25, 0.3) is 6.08 Å². The molecule has 9 heteroatoms. The van der Waals surface area contributed by atoms with Gasteiger partial charge in [-0.2, -0.15) is 0 Å². The van der Waals surface area contributed by atoms with E-state index in [1.54, 1.807) is 24.5 Å². The highest BCUT2D eigenvalue weighted by molar-refractivity contribution is 9.10. The van der Waals surface area contributed by atoms with Crippen molar-refractivity contribution < 1.29 is 19.0 Å². The highest BCUT2D eigenvalue weighted by Gasteiger charge is 2.33. The number of carbonyl (C=O) groups excluding carboxylic acids is 1. The van der Waals surface area contributed by atoms with E-state index in [1.807, 2.05) is 55.5 Å². The molecule has 0 spiro atoms. The molecule has 0 saturated heterocycles. The molecule has 1 aliphatic rings. The molecule has 37 heavy (non-hydrogen) atoms. The molecule has 0 N–H and O–H groups in total. The average Bonchev–Trinajstić information content (AvgIpc) is 3.17. The SMILES string of the molecule is C=CCOc1ccc(C=c2sc3n(c2=O)[C@H](c2ccc(OCC)cc2)C(C(=O)OCC)=C(C)N=3)cc1Br. The molecule has 0 fully saturated rings. The number of esters is 1. The van der Waals surface area contributed by atoms with Gasteiger partial charge in [-0.25, -0.2) is 9.79 Å². The lowest BCUT2D eigenvalue weighted by Gasteiger charge is -2.24. The predicted molar refractivity (Wildman–Crippen MR) is 148 cm³/mol. The summed E-state index contributed by atoms with van der Waals surface area (Å²) in [6, 6.07) is 12.3. The van der Waals surface area contributed by atoms with Crippen LogP contribution >= 0.6 is 27.3 Å². The Morgan fingerprint density at radius 1 is 1.16 bits per heavy atom. The summed E-state index contributed by atoms with van der Waals surface area (Å²) in [5, 5.41) is 0. The second-order valence-electron chi connectivity index (χ2n) is 8.09. The fraction of sp³-hybridized carbons (Fsp3) is 0.250. The third-order valence-corrected chi connectivity index (χ3v) is 7.24. The maximum atomic E-state index is 13.7. The summed E-state index contributed by atoms with van der Waals surface area (Å²) in [4.78, 5) is 31.9. The van der Waals surface area contributed by atoms with Crippen molar-refractivity contribution in [2.24, 2.45) is 4.99 Å². The Morgan fingerprint density at radius 3 is 2.57 bits per heavy atom. The van der Waals surface area contributed by atoms with Crippen LogP contribution in [0.3, 0.4) is 0 Å². The smallest absolute Gasteiger partial charge is 0.338 e. The van der Waals surface area contributed by atoms with Crippen molar-refractivity contribution in [3.63, 3.8) is 0 Å². The zero-order valence-electron chi connectivity index (χ0n) is 20.8. The number of allylic oxidation sites excluding steroid dienone is 1. The lowest BCUT2D eigenvalue weighted by atomic mass is 9.96. The van der Waals surface area contributed by atoms with Crippen LogP contribution in [0.2, 0.25) is 0 Å². The van der Waals surface area contributed by atoms with E-state index >= 15 is 0 Å². The number of halogens is 1. The number of benzene rings is 2. The molecule has 7 nitrogen and oxygen atoms in total. The van der Waals surface area contributed by atoms with E-state index in [-0.39, 0.29) is 12.2 Å². The predicted octanol–water partition coefficient (Wildman–Crippen LogP) is 4.52. The number of hydrogen-bond donors (Lipinski definition) is 0. The van der Waals surface area contributed by atoms with Crippen molar-refractivity contribution in [2.75, 3.05) is 19.8 Å². The molecule has 3 aromatic rings. The van der Waals surface area contributed by atoms with Crippen molar-refractivity contribution >= 4 is 39.3 Å². The van der Waals surface area contributed by atoms with E-state index in [1.165, 1.54) is 11.3 Å². The molecule has 1 aromatic heterocycles. The molecule has 0 aliphatic carbocycles. The van der Waals surface area contributed by atoms with Gasteiger partial charge in [-0.1, -0.05) is 42.2 Å². The van der Waals surface area contributed by atoms with E-state index in [2.05, 4.69) is 27.5 Å². The quantitative estimate of drug-likeness (QED) is 0.274. The Morgan fingerprint density at radius 2 is 1.92 bits per heavy atom. The van der Waals surface area contributed by atoms with E-state index in [0.29, 0.717) is 45.3 Å². The fourth-order valence-corrected chi connectivity index (χ4v) is 5.60. The fourth-order valence-electron chi connectivity index (χ4n) is 4.04. The van der Waals surface area contributed by atoms with Crippen molar-refractivity contribution in [1.29, 1.82) is 0 Å². The molecule has 2 aromatic carbocycles. The van der Waals surface area contributed by atoms with Crippen molar-refractivity contribution in [2.45, 2.75) is 26.8 Å². The molecular weight excluding hydrogens is 556 g/mol. The molecule has 1 aliphatic heterocycles. The van der Waals surface area contributed by atoms with Gasteiger partial charge in [-0.3, -0.25) is 9.36 Å². The number of nitrogens with zero attached hydrogens (tertiary/aromatic N) is 2. The lowest BCUT2D eigenvalue weighted by molar-refractivity contribution is -0.139. The van der Waals surface area contributed by atoms with Crippen molar-refractivity contribution in [1.82, 2.24) is 4.57 Å². The summed E-state index contributed by atoms with van der Waals surface area (Å²) in [7, 11) is 0. The van der Waals surface area contributed by atoms with E-state index in [9.17, 15) is 9.59 Å². The Hall–Kier alpha value is -3.43. The number of carbonyl (C=O) groups is 1.